The van der Waals surface area contributed by atoms with E-state index >= 15 is 0 Å². The molecule has 2 aromatic rings. The summed E-state index contributed by atoms with van der Waals surface area (Å²) in [4.78, 5) is 15.2. The summed E-state index contributed by atoms with van der Waals surface area (Å²) in [6, 6.07) is 8.27. The van der Waals surface area contributed by atoms with Gasteiger partial charge < -0.3 is 10.2 Å². The predicted octanol–water partition coefficient (Wildman–Crippen LogP) is 2.63. The summed E-state index contributed by atoms with van der Waals surface area (Å²) in [5.74, 6) is 0. The molecule has 5 nitrogen and oxygen atoms in total. The van der Waals surface area contributed by atoms with Crippen molar-refractivity contribution >= 4 is 17.6 Å². The zero-order chi connectivity index (χ0) is 14.1. The lowest BCUT2D eigenvalue weighted by Crippen LogP contribution is -2.37. The molecule has 0 radical (unpaired) electrons. The van der Waals surface area contributed by atoms with Crippen LogP contribution in [0.4, 0.5) is 4.79 Å². The fraction of sp³-hybridized carbons (Fsp3) is 0.357. The van der Waals surface area contributed by atoms with E-state index in [0.717, 1.165) is 10.6 Å². The first kappa shape index (κ1) is 13.1. The van der Waals surface area contributed by atoms with Crippen molar-refractivity contribution in [2.75, 3.05) is 0 Å². The molecule has 0 aliphatic carbocycles. The normalized spacial score (nSPS) is 17.1. The van der Waals surface area contributed by atoms with Crippen molar-refractivity contribution in [3.8, 4) is 0 Å². The average molecular weight is 288 g/mol. The number of nitrogens with one attached hydrogen (secondary N) is 1. The highest BCUT2D eigenvalue weighted by Crippen LogP contribution is 2.32. The lowest BCUT2D eigenvalue weighted by Gasteiger charge is -2.22. The van der Waals surface area contributed by atoms with Gasteiger partial charge in [0.15, 0.2) is 0 Å². The molecule has 3 rings (SSSR count). The number of amides is 2. The van der Waals surface area contributed by atoms with Gasteiger partial charge in [0.2, 0.25) is 0 Å². The van der Waals surface area contributed by atoms with Gasteiger partial charge in [0.25, 0.3) is 0 Å². The molecule has 1 atom stereocenters. The summed E-state index contributed by atoms with van der Waals surface area (Å²) in [5.41, 5.74) is 3.34. The number of nitrogens with zero attached hydrogens (tertiary/aromatic N) is 3. The number of aryl methyl sites for hydroxylation is 1. The molecule has 1 aromatic carbocycles. The Balaban J connectivity index is 1.66. The third-order valence-electron chi connectivity index (χ3n) is 3.72. The molecule has 0 spiro atoms. The second-order valence-corrected chi connectivity index (χ2v) is 5.78. The molecule has 0 bridgehead atoms. The summed E-state index contributed by atoms with van der Waals surface area (Å²) in [7, 11) is 0. The van der Waals surface area contributed by atoms with E-state index in [2.05, 4.69) is 34.0 Å². The second-order valence-electron chi connectivity index (χ2n) is 4.94. The minimum atomic E-state index is -0.0403. The van der Waals surface area contributed by atoms with E-state index in [1.807, 2.05) is 24.0 Å². The number of hydrogen-bond donors (Lipinski definition) is 1. The van der Waals surface area contributed by atoms with Gasteiger partial charge in [-0.2, -0.15) is 0 Å². The van der Waals surface area contributed by atoms with Crippen LogP contribution in [-0.2, 0) is 13.1 Å². The summed E-state index contributed by atoms with van der Waals surface area (Å²) in [6.07, 6.45) is 0. The maximum Gasteiger partial charge on any atom is 0.318 e. The third kappa shape index (κ3) is 2.27. The lowest BCUT2D eigenvalue weighted by atomic mass is 10.1. The van der Waals surface area contributed by atoms with Crippen LogP contribution in [-0.4, -0.2) is 20.5 Å². The van der Waals surface area contributed by atoms with Crippen molar-refractivity contribution in [2.24, 2.45) is 0 Å². The Labute approximate surface area is 121 Å². The van der Waals surface area contributed by atoms with Crippen LogP contribution in [0.15, 0.2) is 24.3 Å². The summed E-state index contributed by atoms with van der Waals surface area (Å²) in [5, 5.41) is 6.89. The number of benzene rings is 1. The standard InChI is InChI=1S/C14H16N4OS/c1-9-13(20-17-16-9)7-15-14(19)18-8-11-5-3-4-6-12(11)10(18)2/h3-6,10H,7-8H2,1-2H3,(H,15,19). The van der Waals surface area contributed by atoms with Crippen LogP contribution in [0.25, 0.3) is 0 Å². The van der Waals surface area contributed by atoms with Crippen molar-refractivity contribution in [3.63, 3.8) is 0 Å². The molecular weight excluding hydrogens is 272 g/mol. The second kappa shape index (κ2) is 5.20. The van der Waals surface area contributed by atoms with E-state index in [-0.39, 0.29) is 12.1 Å². The first-order valence-electron chi connectivity index (χ1n) is 6.57. The Morgan fingerprint density at radius 1 is 1.50 bits per heavy atom. The predicted molar refractivity (Wildman–Crippen MR) is 77.3 cm³/mol. The van der Waals surface area contributed by atoms with Crippen LogP contribution >= 0.6 is 11.5 Å². The summed E-state index contributed by atoms with van der Waals surface area (Å²) in [6.45, 7) is 5.12. The van der Waals surface area contributed by atoms with Crippen molar-refractivity contribution < 1.29 is 4.79 Å². The van der Waals surface area contributed by atoms with E-state index < -0.39 is 0 Å². The maximum atomic E-state index is 12.3. The van der Waals surface area contributed by atoms with Gasteiger partial charge in [-0.25, -0.2) is 4.79 Å². The van der Waals surface area contributed by atoms with Crippen LogP contribution in [0.2, 0.25) is 0 Å². The van der Waals surface area contributed by atoms with Gasteiger partial charge in [-0.1, -0.05) is 28.8 Å². The van der Waals surface area contributed by atoms with Gasteiger partial charge in [0, 0.05) is 6.54 Å². The van der Waals surface area contributed by atoms with Gasteiger partial charge in [-0.15, -0.1) is 5.10 Å². The molecule has 1 aliphatic heterocycles. The third-order valence-corrected chi connectivity index (χ3v) is 4.54. The molecule has 1 aromatic heterocycles. The van der Waals surface area contributed by atoms with Gasteiger partial charge in [0.05, 0.1) is 23.2 Å². The minimum absolute atomic E-state index is 0.0403. The smallest absolute Gasteiger partial charge is 0.318 e. The number of fused-ring (bicyclic) bond motifs is 1. The van der Waals surface area contributed by atoms with Gasteiger partial charge in [-0.05, 0) is 36.5 Å². The number of aromatic nitrogens is 2. The number of carbonyl (C=O) groups excluding carboxylic acids is 1. The van der Waals surface area contributed by atoms with E-state index in [1.165, 1.54) is 22.7 Å². The van der Waals surface area contributed by atoms with Crippen molar-refractivity contribution in [1.29, 1.82) is 0 Å². The molecule has 0 saturated carbocycles. The molecule has 1 N–H and O–H groups in total. The highest BCUT2D eigenvalue weighted by atomic mass is 32.1. The highest BCUT2D eigenvalue weighted by molar-refractivity contribution is 7.05. The number of rotatable bonds is 2. The molecule has 2 heterocycles. The Morgan fingerprint density at radius 2 is 2.30 bits per heavy atom. The van der Waals surface area contributed by atoms with E-state index in [9.17, 15) is 4.79 Å². The molecule has 104 valence electrons. The zero-order valence-electron chi connectivity index (χ0n) is 11.5. The largest absolute Gasteiger partial charge is 0.333 e. The molecular formula is C14H16N4OS. The molecule has 20 heavy (non-hydrogen) atoms. The van der Waals surface area contributed by atoms with Crippen LogP contribution in [0.1, 0.15) is 34.7 Å². The van der Waals surface area contributed by atoms with Crippen molar-refractivity contribution in [2.45, 2.75) is 33.0 Å². The zero-order valence-corrected chi connectivity index (χ0v) is 12.3. The molecule has 6 heteroatoms. The Hall–Kier alpha value is -1.95. The van der Waals surface area contributed by atoms with E-state index in [1.54, 1.807) is 0 Å². The quantitative estimate of drug-likeness (QED) is 0.924. The van der Waals surface area contributed by atoms with Crippen LogP contribution < -0.4 is 5.32 Å². The molecule has 1 unspecified atom stereocenters. The van der Waals surface area contributed by atoms with Crippen molar-refractivity contribution in [1.82, 2.24) is 19.8 Å². The van der Waals surface area contributed by atoms with Crippen LogP contribution in [0.3, 0.4) is 0 Å². The highest BCUT2D eigenvalue weighted by Gasteiger charge is 2.29. The number of hydrogen-bond acceptors (Lipinski definition) is 4. The summed E-state index contributed by atoms with van der Waals surface area (Å²) < 4.78 is 3.87. The van der Waals surface area contributed by atoms with Gasteiger partial charge in [-0.3, -0.25) is 0 Å². The fourth-order valence-corrected chi connectivity index (χ4v) is 3.06. The van der Waals surface area contributed by atoms with Crippen LogP contribution in [0, 0.1) is 6.92 Å². The number of urea groups is 1. The first-order chi connectivity index (χ1) is 9.66. The van der Waals surface area contributed by atoms with E-state index in [0.29, 0.717) is 13.1 Å². The maximum absolute atomic E-state index is 12.3. The molecule has 0 saturated heterocycles. The minimum Gasteiger partial charge on any atom is -0.333 e. The molecule has 0 fully saturated rings. The molecule has 1 aliphatic rings. The molecule has 2 amide bonds. The van der Waals surface area contributed by atoms with Gasteiger partial charge >= 0.3 is 6.03 Å². The van der Waals surface area contributed by atoms with E-state index in [4.69, 9.17) is 0 Å². The van der Waals surface area contributed by atoms with Gasteiger partial charge in [0.1, 0.15) is 0 Å². The topological polar surface area (TPSA) is 58.1 Å². The first-order valence-corrected chi connectivity index (χ1v) is 7.34. The summed E-state index contributed by atoms with van der Waals surface area (Å²) >= 11 is 1.33. The lowest BCUT2D eigenvalue weighted by molar-refractivity contribution is 0.184. The monoisotopic (exact) mass is 288 g/mol. The Kier molecular flexibility index (Phi) is 3.40. The Morgan fingerprint density at radius 3 is 3.00 bits per heavy atom. The average Bonchev–Trinajstić information content (AvgIpc) is 3.01. The van der Waals surface area contributed by atoms with Crippen molar-refractivity contribution in [3.05, 3.63) is 46.0 Å². The SMILES string of the molecule is Cc1nnsc1CNC(=O)N1Cc2ccccc2C1C. The van der Waals surface area contributed by atoms with Crippen LogP contribution in [0.5, 0.6) is 0 Å². The number of carbonyl (C=O) groups is 1. The Bertz CT molecular complexity index is 640. The fourth-order valence-electron chi connectivity index (χ4n) is 2.49.